The molecule has 0 bridgehead atoms. The van der Waals surface area contributed by atoms with Crippen molar-refractivity contribution in [1.29, 1.82) is 0 Å². The van der Waals surface area contributed by atoms with Crippen LogP contribution in [0.3, 0.4) is 0 Å². The van der Waals surface area contributed by atoms with E-state index in [0.29, 0.717) is 22.8 Å². The second-order valence-corrected chi connectivity index (χ2v) is 5.76. The second kappa shape index (κ2) is 5.36. The van der Waals surface area contributed by atoms with Crippen molar-refractivity contribution in [3.05, 3.63) is 34.6 Å². The lowest BCUT2D eigenvalue weighted by atomic mass is 10.1. The van der Waals surface area contributed by atoms with E-state index in [0.717, 1.165) is 25.1 Å². The summed E-state index contributed by atoms with van der Waals surface area (Å²) in [4.78, 5) is 0. The van der Waals surface area contributed by atoms with Gasteiger partial charge in [-0.3, -0.25) is 0 Å². The van der Waals surface area contributed by atoms with E-state index in [1.54, 1.807) is 12.1 Å². The molecule has 1 saturated carbocycles. The Balaban J connectivity index is 1.87. The number of hydrogen-bond acceptors (Lipinski definition) is 1. The summed E-state index contributed by atoms with van der Waals surface area (Å²) < 4.78 is 13.6. The zero-order chi connectivity index (χ0) is 12.4. The lowest BCUT2D eigenvalue weighted by molar-refractivity contribution is 0.530. The fourth-order valence-electron chi connectivity index (χ4n) is 2.21. The lowest BCUT2D eigenvalue weighted by Gasteiger charge is -2.07. The van der Waals surface area contributed by atoms with Crippen LogP contribution in [0, 0.1) is 17.7 Å². The fraction of sp³-hybridized carbons (Fsp3) is 0.571. The predicted molar refractivity (Wildman–Crippen MR) is 70.0 cm³/mol. The van der Waals surface area contributed by atoms with Gasteiger partial charge in [-0.25, -0.2) is 4.39 Å². The van der Waals surface area contributed by atoms with Gasteiger partial charge in [0.15, 0.2) is 0 Å². The zero-order valence-electron chi connectivity index (χ0n) is 10.3. The molecule has 0 radical (unpaired) electrons. The van der Waals surface area contributed by atoms with Crippen LogP contribution in [0.1, 0.15) is 31.7 Å². The maximum atomic E-state index is 13.6. The Hall–Kier alpha value is -0.600. The van der Waals surface area contributed by atoms with Gasteiger partial charge in [-0.05, 0) is 61.0 Å². The van der Waals surface area contributed by atoms with Crippen molar-refractivity contribution < 1.29 is 4.39 Å². The molecule has 0 heterocycles. The van der Waals surface area contributed by atoms with Crippen LogP contribution >= 0.6 is 11.6 Å². The molecule has 94 valence electrons. The van der Waals surface area contributed by atoms with Crippen LogP contribution in [0.2, 0.25) is 5.02 Å². The Bertz CT molecular complexity index is 392. The van der Waals surface area contributed by atoms with E-state index in [1.165, 1.54) is 6.07 Å². The largest absolute Gasteiger partial charge is 0.316 e. The quantitative estimate of drug-likeness (QED) is 0.843. The first-order chi connectivity index (χ1) is 8.08. The lowest BCUT2D eigenvalue weighted by Crippen LogP contribution is -2.22. The Morgan fingerprint density at radius 3 is 2.94 bits per heavy atom. The molecule has 1 fully saturated rings. The topological polar surface area (TPSA) is 12.0 Å². The molecule has 0 aliphatic heterocycles. The smallest absolute Gasteiger partial charge is 0.126 e. The molecule has 3 heteroatoms. The highest BCUT2D eigenvalue weighted by Gasteiger charge is 2.39. The molecule has 2 unspecified atom stereocenters. The first-order valence-electron chi connectivity index (χ1n) is 6.23. The Labute approximate surface area is 107 Å². The van der Waals surface area contributed by atoms with Crippen LogP contribution in [0.5, 0.6) is 0 Å². The number of rotatable bonds is 5. The minimum atomic E-state index is -0.120. The van der Waals surface area contributed by atoms with Crippen LogP contribution in [-0.2, 0) is 0 Å². The Morgan fingerprint density at radius 2 is 2.24 bits per heavy atom. The highest BCUT2D eigenvalue weighted by Crippen LogP contribution is 2.48. The molecular weight excluding hydrogens is 237 g/mol. The highest BCUT2D eigenvalue weighted by molar-refractivity contribution is 6.30. The third-order valence-corrected chi connectivity index (χ3v) is 3.47. The first kappa shape index (κ1) is 12.8. The van der Waals surface area contributed by atoms with Gasteiger partial charge >= 0.3 is 0 Å². The van der Waals surface area contributed by atoms with E-state index in [4.69, 9.17) is 11.6 Å². The molecule has 1 nitrogen and oxygen atoms in total. The van der Waals surface area contributed by atoms with Gasteiger partial charge in [0.05, 0.1) is 0 Å². The molecule has 0 saturated heterocycles. The van der Waals surface area contributed by atoms with Crippen LogP contribution in [0.4, 0.5) is 4.39 Å². The fourth-order valence-corrected chi connectivity index (χ4v) is 2.39. The number of benzene rings is 1. The molecule has 1 aromatic carbocycles. The standard InChI is InChI=1S/C14H19ClFN/c1-9(2)7-17-8-10-5-12(10)13-6-11(15)3-4-14(13)16/h3-4,6,9-10,12,17H,5,7-8H2,1-2H3. The van der Waals surface area contributed by atoms with Crippen molar-refractivity contribution in [3.8, 4) is 0 Å². The highest BCUT2D eigenvalue weighted by atomic mass is 35.5. The summed E-state index contributed by atoms with van der Waals surface area (Å²) in [6, 6.07) is 4.84. The van der Waals surface area contributed by atoms with E-state index in [1.807, 2.05) is 0 Å². The number of hydrogen-bond donors (Lipinski definition) is 1. The van der Waals surface area contributed by atoms with Crippen molar-refractivity contribution in [3.63, 3.8) is 0 Å². The van der Waals surface area contributed by atoms with E-state index in [-0.39, 0.29) is 5.82 Å². The first-order valence-corrected chi connectivity index (χ1v) is 6.61. The average Bonchev–Trinajstić information content (AvgIpc) is 3.00. The Morgan fingerprint density at radius 1 is 1.47 bits per heavy atom. The number of halogens is 2. The summed E-state index contributed by atoms with van der Waals surface area (Å²) in [5.41, 5.74) is 0.786. The van der Waals surface area contributed by atoms with Crippen LogP contribution < -0.4 is 5.32 Å². The van der Waals surface area contributed by atoms with E-state index >= 15 is 0 Å². The van der Waals surface area contributed by atoms with E-state index in [2.05, 4.69) is 19.2 Å². The molecule has 0 spiro atoms. The summed E-state index contributed by atoms with van der Waals surface area (Å²) in [6.45, 7) is 6.39. The molecule has 1 aromatic rings. The van der Waals surface area contributed by atoms with Gasteiger partial charge in [-0.15, -0.1) is 0 Å². The summed E-state index contributed by atoms with van der Waals surface area (Å²) in [7, 11) is 0. The summed E-state index contributed by atoms with van der Waals surface area (Å²) in [5, 5.41) is 4.05. The maximum Gasteiger partial charge on any atom is 0.126 e. The second-order valence-electron chi connectivity index (χ2n) is 5.32. The molecule has 2 atom stereocenters. The SMILES string of the molecule is CC(C)CNCC1CC1c1cc(Cl)ccc1F. The van der Waals surface area contributed by atoms with Gasteiger partial charge in [0.2, 0.25) is 0 Å². The third-order valence-electron chi connectivity index (χ3n) is 3.24. The van der Waals surface area contributed by atoms with Gasteiger partial charge in [-0.1, -0.05) is 25.4 Å². The molecule has 17 heavy (non-hydrogen) atoms. The normalized spacial score (nSPS) is 23.1. The average molecular weight is 256 g/mol. The van der Waals surface area contributed by atoms with Gasteiger partial charge in [0, 0.05) is 5.02 Å². The minimum absolute atomic E-state index is 0.120. The number of nitrogens with one attached hydrogen (secondary N) is 1. The maximum absolute atomic E-state index is 13.6. The van der Waals surface area contributed by atoms with Gasteiger partial charge < -0.3 is 5.32 Å². The van der Waals surface area contributed by atoms with Gasteiger partial charge in [0.25, 0.3) is 0 Å². The van der Waals surface area contributed by atoms with Gasteiger partial charge in [0.1, 0.15) is 5.82 Å². The summed E-state index contributed by atoms with van der Waals surface area (Å²) in [6.07, 6.45) is 1.07. The molecule has 0 amide bonds. The monoisotopic (exact) mass is 255 g/mol. The molecule has 1 N–H and O–H groups in total. The summed E-state index contributed by atoms with van der Waals surface area (Å²) >= 11 is 5.90. The van der Waals surface area contributed by atoms with Crippen LogP contribution in [0.15, 0.2) is 18.2 Å². The van der Waals surface area contributed by atoms with Crippen molar-refractivity contribution in [2.45, 2.75) is 26.2 Å². The minimum Gasteiger partial charge on any atom is -0.316 e. The molecule has 1 aliphatic rings. The van der Waals surface area contributed by atoms with Crippen molar-refractivity contribution >= 4 is 11.6 Å². The van der Waals surface area contributed by atoms with E-state index in [9.17, 15) is 4.39 Å². The van der Waals surface area contributed by atoms with E-state index < -0.39 is 0 Å². The molecule has 0 aromatic heterocycles. The van der Waals surface area contributed by atoms with Crippen molar-refractivity contribution in [1.82, 2.24) is 5.32 Å². The third kappa shape index (κ3) is 3.43. The molecule has 2 rings (SSSR count). The van der Waals surface area contributed by atoms with Crippen LogP contribution in [-0.4, -0.2) is 13.1 Å². The molecule has 1 aliphatic carbocycles. The summed E-state index contributed by atoms with van der Waals surface area (Å²) in [5.74, 6) is 1.47. The van der Waals surface area contributed by atoms with Crippen molar-refractivity contribution in [2.75, 3.05) is 13.1 Å². The molecular formula is C14H19ClFN. The predicted octanol–water partition coefficient (Wildman–Crippen LogP) is 3.83. The van der Waals surface area contributed by atoms with Crippen LogP contribution in [0.25, 0.3) is 0 Å². The van der Waals surface area contributed by atoms with Crippen molar-refractivity contribution in [2.24, 2.45) is 11.8 Å². The Kier molecular flexibility index (Phi) is 4.05. The van der Waals surface area contributed by atoms with Gasteiger partial charge in [-0.2, -0.15) is 0 Å². The zero-order valence-corrected chi connectivity index (χ0v) is 11.1.